The lowest BCUT2D eigenvalue weighted by atomic mass is 10.2. The molecule has 1 unspecified atom stereocenters. The first-order valence-corrected chi connectivity index (χ1v) is 8.27. The zero-order chi connectivity index (χ0) is 14.9. The highest BCUT2D eigenvalue weighted by Gasteiger charge is 2.31. The molecule has 0 aromatic heterocycles. The number of benzene rings is 1. The minimum atomic E-state index is -3.53. The van der Waals surface area contributed by atoms with Crippen LogP contribution in [-0.2, 0) is 16.6 Å². The van der Waals surface area contributed by atoms with Gasteiger partial charge in [-0.25, -0.2) is 8.42 Å². The molecule has 1 saturated heterocycles. The lowest BCUT2D eigenvalue weighted by Gasteiger charge is -2.36. The molecule has 1 aromatic carbocycles. The van der Waals surface area contributed by atoms with Crippen LogP contribution < -0.4 is 0 Å². The third-order valence-electron chi connectivity index (χ3n) is 3.75. The molecule has 112 valence electrons. The van der Waals surface area contributed by atoms with Crippen molar-refractivity contribution in [3.63, 3.8) is 0 Å². The minimum absolute atomic E-state index is 0.183. The number of halogens is 1. The van der Waals surface area contributed by atoms with E-state index in [1.807, 2.05) is 14.0 Å². The third-order valence-corrected chi connectivity index (χ3v) is 5.98. The first-order chi connectivity index (χ1) is 9.36. The molecule has 0 saturated carbocycles. The molecule has 0 aliphatic carbocycles. The number of nitrogens with zero attached hydrogens (tertiary/aromatic N) is 2. The van der Waals surface area contributed by atoms with E-state index < -0.39 is 10.0 Å². The highest BCUT2D eigenvalue weighted by Crippen LogP contribution is 2.24. The van der Waals surface area contributed by atoms with E-state index in [9.17, 15) is 13.5 Å². The molecule has 1 atom stereocenters. The summed E-state index contributed by atoms with van der Waals surface area (Å²) in [7, 11) is -1.54. The monoisotopic (exact) mass is 318 g/mol. The Bertz CT molecular complexity index is 591. The van der Waals surface area contributed by atoms with Crippen LogP contribution in [0.2, 0.25) is 5.02 Å². The van der Waals surface area contributed by atoms with E-state index in [1.54, 1.807) is 0 Å². The van der Waals surface area contributed by atoms with Crippen LogP contribution in [0.1, 0.15) is 12.5 Å². The Kier molecular flexibility index (Phi) is 4.71. The second-order valence-electron chi connectivity index (χ2n) is 5.10. The number of piperazine rings is 1. The lowest BCUT2D eigenvalue weighted by molar-refractivity contribution is 0.159. The molecular formula is C13H19ClN2O3S. The first-order valence-electron chi connectivity index (χ1n) is 6.46. The molecule has 1 aliphatic rings. The second kappa shape index (κ2) is 5.99. The van der Waals surface area contributed by atoms with Crippen molar-refractivity contribution < 1.29 is 13.5 Å². The predicted molar refractivity (Wildman–Crippen MR) is 78.2 cm³/mol. The Morgan fingerprint density at radius 3 is 2.70 bits per heavy atom. The molecule has 1 fully saturated rings. The Balaban J connectivity index is 2.31. The van der Waals surface area contributed by atoms with Gasteiger partial charge in [0.25, 0.3) is 0 Å². The first kappa shape index (κ1) is 15.7. The van der Waals surface area contributed by atoms with E-state index in [0.29, 0.717) is 30.2 Å². The van der Waals surface area contributed by atoms with Crippen LogP contribution in [-0.4, -0.2) is 55.5 Å². The summed E-state index contributed by atoms with van der Waals surface area (Å²) < 4.78 is 26.7. The molecular weight excluding hydrogens is 300 g/mol. The van der Waals surface area contributed by atoms with E-state index >= 15 is 0 Å². The number of aliphatic hydroxyl groups excluding tert-OH is 1. The summed E-state index contributed by atoms with van der Waals surface area (Å²) in [5, 5.41) is 9.57. The topological polar surface area (TPSA) is 60.9 Å². The third kappa shape index (κ3) is 2.99. The van der Waals surface area contributed by atoms with Crippen molar-refractivity contribution in [2.24, 2.45) is 0 Å². The van der Waals surface area contributed by atoms with Crippen molar-refractivity contribution in [1.29, 1.82) is 0 Å². The number of aliphatic hydroxyl groups is 1. The van der Waals surface area contributed by atoms with Crippen LogP contribution in [0, 0.1) is 0 Å². The molecule has 0 bridgehead atoms. The smallest absolute Gasteiger partial charge is 0.243 e. The number of likely N-dealkylation sites (N-methyl/N-ethyl adjacent to an activating group) is 1. The summed E-state index contributed by atoms with van der Waals surface area (Å²) >= 11 is 5.90. The van der Waals surface area contributed by atoms with Gasteiger partial charge in [-0.05, 0) is 37.7 Å². The van der Waals surface area contributed by atoms with Crippen LogP contribution in [0.5, 0.6) is 0 Å². The Morgan fingerprint density at radius 2 is 2.10 bits per heavy atom. The van der Waals surface area contributed by atoms with Crippen LogP contribution in [0.15, 0.2) is 23.1 Å². The second-order valence-corrected chi connectivity index (χ2v) is 7.45. The number of hydrogen-bond donors (Lipinski definition) is 1. The molecule has 1 heterocycles. The molecule has 1 aliphatic heterocycles. The highest BCUT2D eigenvalue weighted by atomic mass is 35.5. The molecule has 0 spiro atoms. The zero-order valence-corrected chi connectivity index (χ0v) is 13.2. The van der Waals surface area contributed by atoms with Crippen molar-refractivity contribution in [3.8, 4) is 0 Å². The maximum Gasteiger partial charge on any atom is 0.243 e. The summed E-state index contributed by atoms with van der Waals surface area (Å²) in [5.74, 6) is 0. The molecule has 2 rings (SSSR count). The number of hydrogen-bond acceptors (Lipinski definition) is 4. The van der Waals surface area contributed by atoms with Gasteiger partial charge in [0, 0.05) is 30.7 Å². The van der Waals surface area contributed by atoms with Crippen molar-refractivity contribution >= 4 is 21.6 Å². The van der Waals surface area contributed by atoms with Gasteiger partial charge in [-0.2, -0.15) is 4.31 Å². The van der Waals surface area contributed by atoms with Gasteiger partial charge in [-0.3, -0.25) is 0 Å². The van der Waals surface area contributed by atoms with Crippen molar-refractivity contribution in [3.05, 3.63) is 28.8 Å². The van der Waals surface area contributed by atoms with Crippen molar-refractivity contribution in [1.82, 2.24) is 9.21 Å². The lowest BCUT2D eigenvalue weighted by Crippen LogP contribution is -2.51. The number of rotatable bonds is 3. The van der Waals surface area contributed by atoms with Crippen LogP contribution in [0.4, 0.5) is 0 Å². The average Bonchev–Trinajstić information content (AvgIpc) is 2.42. The van der Waals surface area contributed by atoms with E-state index in [0.717, 1.165) is 0 Å². The average molecular weight is 319 g/mol. The van der Waals surface area contributed by atoms with Gasteiger partial charge >= 0.3 is 0 Å². The van der Waals surface area contributed by atoms with Gasteiger partial charge < -0.3 is 10.0 Å². The van der Waals surface area contributed by atoms with Gasteiger partial charge in [-0.15, -0.1) is 0 Å². The molecule has 0 radical (unpaired) electrons. The van der Waals surface area contributed by atoms with Crippen molar-refractivity contribution in [2.45, 2.75) is 24.5 Å². The van der Waals surface area contributed by atoms with E-state index in [1.165, 1.54) is 22.5 Å². The molecule has 0 amide bonds. The van der Waals surface area contributed by atoms with Crippen molar-refractivity contribution in [2.75, 3.05) is 26.7 Å². The molecule has 20 heavy (non-hydrogen) atoms. The fraction of sp³-hybridized carbons (Fsp3) is 0.538. The predicted octanol–water partition coefficient (Wildman–Crippen LogP) is 1.16. The van der Waals surface area contributed by atoms with Crippen LogP contribution in [0.25, 0.3) is 0 Å². The largest absolute Gasteiger partial charge is 0.392 e. The van der Waals surface area contributed by atoms with E-state index in [4.69, 9.17) is 11.6 Å². The quantitative estimate of drug-likeness (QED) is 0.908. The summed E-state index contributed by atoms with van der Waals surface area (Å²) in [4.78, 5) is 2.32. The van der Waals surface area contributed by atoms with E-state index in [2.05, 4.69) is 4.90 Å². The summed E-state index contributed by atoms with van der Waals surface area (Å²) in [6.45, 7) is 3.38. The fourth-order valence-electron chi connectivity index (χ4n) is 2.22. The fourth-order valence-corrected chi connectivity index (χ4v) is 3.96. The SMILES string of the molecule is CC1CN(S(=O)(=O)c2ccc(Cl)c(CO)c2)CCN1C. The van der Waals surface area contributed by atoms with Gasteiger partial charge in [0.1, 0.15) is 0 Å². The summed E-state index contributed by atoms with van der Waals surface area (Å²) in [6, 6.07) is 4.63. The Labute approximate surface area is 124 Å². The summed E-state index contributed by atoms with van der Waals surface area (Å²) in [5.41, 5.74) is 0.426. The Morgan fingerprint density at radius 1 is 1.40 bits per heavy atom. The summed E-state index contributed by atoms with van der Waals surface area (Å²) in [6.07, 6.45) is 0. The van der Waals surface area contributed by atoms with Crippen LogP contribution in [0.3, 0.4) is 0 Å². The van der Waals surface area contributed by atoms with Gasteiger partial charge in [0.2, 0.25) is 10.0 Å². The van der Waals surface area contributed by atoms with Crippen LogP contribution >= 0.6 is 11.6 Å². The van der Waals surface area contributed by atoms with Gasteiger partial charge in [0.15, 0.2) is 0 Å². The number of sulfonamides is 1. The standard InChI is InChI=1S/C13H19ClN2O3S/c1-10-8-16(6-5-15(10)2)20(18,19)12-3-4-13(14)11(7-12)9-17/h3-4,7,10,17H,5-6,8-9H2,1-2H3. The normalized spacial score (nSPS) is 22.1. The Hall–Kier alpha value is -0.660. The molecule has 1 aromatic rings. The maximum atomic E-state index is 12.6. The highest BCUT2D eigenvalue weighted by molar-refractivity contribution is 7.89. The van der Waals surface area contributed by atoms with E-state index in [-0.39, 0.29) is 17.5 Å². The van der Waals surface area contributed by atoms with Gasteiger partial charge in [-0.1, -0.05) is 11.6 Å². The molecule has 7 heteroatoms. The molecule has 1 N–H and O–H groups in total. The zero-order valence-electron chi connectivity index (χ0n) is 11.6. The molecule has 5 nitrogen and oxygen atoms in total. The maximum absolute atomic E-state index is 12.6. The van der Waals surface area contributed by atoms with Gasteiger partial charge in [0.05, 0.1) is 11.5 Å². The minimum Gasteiger partial charge on any atom is -0.392 e.